The summed E-state index contributed by atoms with van der Waals surface area (Å²) in [6.45, 7) is 14.1. The van der Waals surface area contributed by atoms with Gasteiger partial charge in [-0.3, -0.25) is 4.90 Å². The summed E-state index contributed by atoms with van der Waals surface area (Å²) < 4.78 is 0. The normalized spacial score (nSPS) is 22.6. The molecule has 0 aromatic rings. The highest BCUT2D eigenvalue weighted by atomic mass is 15.3. The highest BCUT2D eigenvalue weighted by Gasteiger charge is 2.20. The van der Waals surface area contributed by atoms with Gasteiger partial charge in [-0.15, -0.1) is 0 Å². The van der Waals surface area contributed by atoms with Crippen LogP contribution in [0, 0.1) is 5.92 Å². The van der Waals surface area contributed by atoms with Crippen molar-refractivity contribution in [1.82, 2.24) is 9.80 Å². The number of hydrogen-bond acceptors (Lipinski definition) is 3. The minimum absolute atomic E-state index is 0.756. The molecule has 0 saturated carbocycles. The van der Waals surface area contributed by atoms with Crippen molar-refractivity contribution in [3.63, 3.8) is 0 Å². The number of piperazine rings is 1. The van der Waals surface area contributed by atoms with E-state index in [0.717, 1.165) is 18.5 Å². The summed E-state index contributed by atoms with van der Waals surface area (Å²) in [7, 11) is 0. The van der Waals surface area contributed by atoms with Gasteiger partial charge in [-0.1, -0.05) is 13.8 Å². The van der Waals surface area contributed by atoms with Gasteiger partial charge in [0, 0.05) is 38.8 Å². The SMILES string of the molecule is CCC(C)N1CCN(CC(C)CCCN)CC1. The van der Waals surface area contributed by atoms with Crippen LogP contribution in [0.3, 0.4) is 0 Å². The zero-order valence-electron chi connectivity index (χ0n) is 12.0. The minimum atomic E-state index is 0.756. The lowest BCUT2D eigenvalue weighted by molar-refractivity contribution is 0.0906. The molecule has 0 spiro atoms. The van der Waals surface area contributed by atoms with Gasteiger partial charge in [0.25, 0.3) is 0 Å². The highest BCUT2D eigenvalue weighted by Crippen LogP contribution is 2.12. The van der Waals surface area contributed by atoms with E-state index in [1.165, 1.54) is 52.0 Å². The van der Waals surface area contributed by atoms with Crippen LogP contribution in [-0.4, -0.2) is 55.1 Å². The quantitative estimate of drug-likeness (QED) is 0.737. The Kier molecular flexibility index (Phi) is 7.09. The lowest BCUT2D eigenvalue weighted by Crippen LogP contribution is -2.50. The third-order valence-electron chi connectivity index (χ3n) is 4.09. The van der Waals surface area contributed by atoms with Crippen molar-refractivity contribution in [2.45, 2.75) is 46.1 Å². The molecule has 17 heavy (non-hydrogen) atoms. The molecule has 2 unspecified atom stereocenters. The van der Waals surface area contributed by atoms with E-state index >= 15 is 0 Å². The fourth-order valence-electron chi connectivity index (χ4n) is 2.64. The summed E-state index contributed by atoms with van der Waals surface area (Å²) in [4.78, 5) is 5.25. The molecule has 1 heterocycles. The van der Waals surface area contributed by atoms with Gasteiger partial charge >= 0.3 is 0 Å². The van der Waals surface area contributed by atoms with Gasteiger partial charge in [0.2, 0.25) is 0 Å². The predicted octanol–water partition coefficient (Wildman–Crippen LogP) is 1.78. The number of nitrogens with zero attached hydrogens (tertiary/aromatic N) is 2. The molecule has 1 rings (SSSR count). The van der Waals surface area contributed by atoms with Crippen LogP contribution in [0.5, 0.6) is 0 Å². The van der Waals surface area contributed by atoms with Crippen molar-refractivity contribution in [2.75, 3.05) is 39.3 Å². The third-order valence-corrected chi connectivity index (χ3v) is 4.09. The molecule has 0 aliphatic carbocycles. The van der Waals surface area contributed by atoms with E-state index in [1.807, 2.05) is 0 Å². The predicted molar refractivity (Wildman–Crippen MR) is 75.2 cm³/mol. The Hall–Kier alpha value is -0.120. The van der Waals surface area contributed by atoms with Crippen LogP contribution in [0.25, 0.3) is 0 Å². The highest BCUT2D eigenvalue weighted by molar-refractivity contribution is 4.76. The van der Waals surface area contributed by atoms with Gasteiger partial charge in [-0.2, -0.15) is 0 Å². The molecule has 0 amide bonds. The second-order valence-corrected chi connectivity index (χ2v) is 5.63. The van der Waals surface area contributed by atoms with Crippen LogP contribution in [0.4, 0.5) is 0 Å². The average Bonchev–Trinajstić information content (AvgIpc) is 2.36. The van der Waals surface area contributed by atoms with Crippen LogP contribution < -0.4 is 5.73 Å². The lowest BCUT2D eigenvalue weighted by atomic mass is 10.0. The maximum atomic E-state index is 5.56. The monoisotopic (exact) mass is 241 g/mol. The van der Waals surface area contributed by atoms with E-state index in [4.69, 9.17) is 5.73 Å². The molecule has 2 atom stereocenters. The van der Waals surface area contributed by atoms with Crippen molar-refractivity contribution in [3.8, 4) is 0 Å². The van der Waals surface area contributed by atoms with Gasteiger partial charge in [0.1, 0.15) is 0 Å². The van der Waals surface area contributed by atoms with Gasteiger partial charge in [0.05, 0.1) is 0 Å². The first kappa shape index (κ1) is 14.9. The first-order chi connectivity index (χ1) is 8.17. The van der Waals surface area contributed by atoms with E-state index in [2.05, 4.69) is 30.6 Å². The summed E-state index contributed by atoms with van der Waals surface area (Å²) in [5, 5.41) is 0. The Morgan fingerprint density at radius 2 is 1.76 bits per heavy atom. The van der Waals surface area contributed by atoms with Gasteiger partial charge in [-0.25, -0.2) is 0 Å². The number of nitrogens with two attached hydrogens (primary N) is 1. The average molecular weight is 241 g/mol. The zero-order valence-corrected chi connectivity index (χ0v) is 12.0. The summed E-state index contributed by atoms with van der Waals surface area (Å²) in [5.41, 5.74) is 5.56. The second-order valence-electron chi connectivity index (χ2n) is 5.63. The van der Waals surface area contributed by atoms with Crippen molar-refractivity contribution < 1.29 is 0 Å². The van der Waals surface area contributed by atoms with Crippen molar-refractivity contribution in [3.05, 3.63) is 0 Å². The van der Waals surface area contributed by atoms with Crippen LogP contribution >= 0.6 is 0 Å². The van der Waals surface area contributed by atoms with E-state index in [1.54, 1.807) is 0 Å². The summed E-state index contributed by atoms with van der Waals surface area (Å²) in [6, 6.07) is 0.756. The maximum Gasteiger partial charge on any atom is 0.0113 e. The Bertz CT molecular complexity index is 188. The van der Waals surface area contributed by atoms with E-state index in [-0.39, 0.29) is 0 Å². The third kappa shape index (κ3) is 5.36. The fourth-order valence-corrected chi connectivity index (χ4v) is 2.64. The second kappa shape index (κ2) is 8.06. The first-order valence-corrected chi connectivity index (χ1v) is 7.33. The molecular weight excluding hydrogens is 210 g/mol. The Morgan fingerprint density at radius 3 is 2.29 bits per heavy atom. The molecule has 102 valence electrons. The van der Waals surface area contributed by atoms with E-state index < -0.39 is 0 Å². The van der Waals surface area contributed by atoms with Crippen LogP contribution in [0.2, 0.25) is 0 Å². The summed E-state index contributed by atoms with van der Waals surface area (Å²) in [6.07, 6.45) is 3.73. The number of rotatable bonds is 7. The Balaban J connectivity index is 2.18. The molecule has 1 saturated heterocycles. The number of hydrogen-bond donors (Lipinski definition) is 1. The Morgan fingerprint density at radius 1 is 1.12 bits per heavy atom. The van der Waals surface area contributed by atoms with Gasteiger partial charge in [0.15, 0.2) is 0 Å². The van der Waals surface area contributed by atoms with Crippen molar-refractivity contribution in [2.24, 2.45) is 11.7 Å². The van der Waals surface area contributed by atoms with E-state index in [9.17, 15) is 0 Å². The van der Waals surface area contributed by atoms with Crippen molar-refractivity contribution >= 4 is 0 Å². The molecule has 0 radical (unpaired) electrons. The standard InChI is InChI=1S/C14H31N3/c1-4-14(3)17-10-8-16(9-11-17)12-13(2)6-5-7-15/h13-14H,4-12,15H2,1-3H3. The minimum Gasteiger partial charge on any atom is -0.330 e. The molecule has 3 heteroatoms. The largest absolute Gasteiger partial charge is 0.330 e. The molecule has 2 N–H and O–H groups in total. The molecule has 1 aliphatic heterocycles. The molecule has 0 bridgehead atoms. The molecular formula is C14H31N3. The summed E-state index contributed by atoms with van der Waals surface area (Å²) in [5.74, 6) is 0.800. The van der Waals surface area contributed by atoms with Crippen LogP contribution in [-0.2, 0) is 0 Å². The fraction of sp³-hybridized carbons (Fsp3) is 1.00. The van der Waals surface area contributed by atoms with Gasteiger partial charge < -0.3 is 10.6 Å². The van der Waals surface area contributed by atoms with E-state index in [0.29, 0.717) is 0 Å². The maximum absolute atomic E-state index is 5.56. The molecule has 1 fully saturated rings. The molecule has 0 aromatic carbocycles. The first-order valence-electron chi connectivity index (χ1n) is 7.33. The smallest absolute Gasteiger partial charge is 0.0113 e. The van der Waals surface area contributed by atoms with Crippen LogP contribution in [0.15, 0.2) is 0 Å². The van der Waals surface area contributed by atoms with Crippen LogP contribution in [0.1, 0.15) is 40.0 Å². The molecule has 1 aliphatic rings. The molecule has 3 nitrogen and oxygen atoms in total. The van der Waals surface area contributed by atoms with Crippen molar-refractivity contribution in [1.29, 1.82) is 0 Å². The van der Waals surface area contributed by atoms with Gasteiger partial charge in [-0.05, 0) is 38.6 Å². The topological polar surface area (TPSA) is 32.5 Å². The Labute approximate surface area is 107 Å². The zero-order chi connectivity index (χ0) is 12.7. The lowest BCUT2D eigenvalue weighted by Gasteiger charge is -2.38. The molecule has 0 aromatic heterocycles. The summed E-state index contributed by atoms with van der Waals surface area (Å²) >= 11 is 0.